The fourth-order valence-electron chi connectivity index (χ4n) is 2.49. The summed E-state index contributed by atoms with van der Waals surface area (Å²) in [5.41, 5.74) is 1.19. The lowest BCUT2D eigenvalue weighted by atomic mass is 10.1. The Morgan fingerprint density at radius 3 is 3.00 bits per heavy atom. The Morgan fingerprint density at radius 1 is 1.30 bits per heavy atom. The van der Waals surface area contributed by atoms with Crippen LogP contribution in [0.2, 0.25) is 5.15 Å². The van der Waals surface area contributed by atoms with Crippen LogP contribution in [-0.2, 0) is 6.42 Å². The highest BCUT2D eigenvalue weighted by Crippen LogP contribution is 2.37. The first-order valence-corrected chi connectivity index (χ1v) is 7.58. The SMILES string of the molecule is Cc1cc2c(Cl)nc(C3Cc4ccccc4O3)nc2s1. The van der Waals surface area contributed by atoms with Crippen molar-refractivity contribution in [1.29, 1.82) is 0 Å². The number of nitrogens with zero attached hydrogens (tertiary/aromatic N) is 2. The molecule has 2 aromatic heterocycles. The number of ether oxygens (including phenoxy) is 1. The Bertz CT molecular complexity index is 790. The average Bonchev–Trinajstić information content (AvgIpc) is 3.01. The van der Waals surface area contributed by atoms with Gasteiger partial charge in [0.15, 0.2) is 11.9 Å². The van der Waals surface area contributed by atoms with Crippen molar-refractivity contribution in [2.75, 3.05) is 0 Å². The minimum absolute atomic E-state index is 0.142. The van der Waals surface area contributed by atoms with E-state index >= 15 is 0 Å². The number of thiophene rings is 1. The van der Waals surface area contributed by atoms with E-state index in [2.05, 4.69) is 16.0 Å². The molecule has 0 saturated heterocycles. The van der Waals surface area contributed by atoms with Crippen LogP contribution in [0.15, 0.2) is 30.3 Å². The van der Waals surface area contributed by atoms with Gasteiger partial charge >= 0.3 is 0 Å². The molecule has 20 heavy (non-hydrogen) atoms. The number of aryl methyl sites for hydroxylation is 1. The van der Waals surface area contributed by atoms with E-state index in [0.717, 1.165) is 22.4 Å². The second-order valence-corrected chi connectivity index (χ2v) is 6.46. The zero-order chi connectivity index (χ0) is 13.7. The monoisotopic (exact) mass is 302 g/mol. The van der Waals surface area contributed by atoms with Crippen molar-refractivity contribution >= 4 is 33.2 Å². The summed E-state index contributed by atoms with van der Waals surface area (Å²) in [6.07, 6.45) is 0.652. The van der Waals surface area contributed by atoms with Crippen molar-refractivity contribution in [2.45, 2.75) is 19.4 Å². The van der Waals surface area contributed by atoms with E-state index in [1.54, 1.807) is 11.3 Å². The molecular formula is C15H11ClN2OS. The Hall–Kier alpha value is -1.65. The van der Waals surface area contributed by atoms with Crippen molar-refractivity contribution in [3.63, 3.8) is 0 Å². The van der Waals surface area contributed by atoms with E-state index in [4.69, 9.17) is 16.3 Å². The molecule has 0 spiro atoms. The first-order valence-electron chi connectivity index (χ1n) is 6.39. The highest BCUT2D eigenvalue weighted by molar-refractivity contribution is 7.18. The van der Waals surface area contributed by atoms with E-state index in [-0.39, 0.29) is 6.10 Å². The van der Waals surface area contributed by atoms with Crippen LogP contribution in [0.5, 0.6) is 5.75 Å². The van der Waals surface area contributed by atoms with Gasteiger partial charge in [-0.15, -0.1) is 11.3 Å². The van der Waals surface area contributed by atoms with Crippen LogP contribution in [0.3, 0.4) is 0 Å². The molecule has 0 saturated carbocycles. The average molecular weight is 303 g/mol. The van der Waals surface area contributed by atoms with Crippen molar-refractivity contribution in [1.82, 2.24) is 9.97 Å². The summed E-state index contributed by atoms with van der Waals surface area (Å²) in [4.78, 5) is 11.1. The quantitative estimate of drug-likeness (QED) is 0.628. The van der Waals surface area contributed by atoms with Crippen molar-refractivity contribution in [2.24, 2.45) is 0 Å². The maximum absolute atomic E-state index is 6.27. The Kier molecular flexibility index (Phi) is 2.69. The van der Waals surface area contributed by atoms with E-state index < -0.39 is 0 Å². The second kappa shape index (κ2) is 4.43. The molecule has 1 aromatic carbocycles. The minimum Gasteiger partial charge on any atom is -0.482 e. The normalized spacial score (nSPS) is 17.2. The van der Waals surface area contributed by atoms with Gasteiger partial charge in [-0.1, -0.05) is 29.8 Å². The molecule has 4 rings (SSSR count). The molecule has 0 radical (unpaired) electrons. The predicted molar refractivity (Wildman–Crippen MR) is 80.7 cm³/mol. The van der Waals surface area contributed by atoms with Crippen molar-refractivity contribution < 1.29 is 4.74 Å². The maximum atomic E-state index is 6.27. The molecule has 100 valence electrons. The molecule has 1 unspecified atom stereocenters. The molecule has 1 aliphatic rings. The fraction of sp³-hybridized carbons (Fsp3) is 0.200. The standard InChI is InChI=1S/C15H11ClN2OS/c1-8-6-10-13(16)17-14(18-15(10)20-8)12-7-9-4-2-3-5-11(9)19-12/h2-6,12H,7H2,1H3. The summed E-state index contributed by atoms with van der Waals surface area (Å²) in [5.74, 6) is 1.58. The highest BCUT2D eigenvalue weighted by Gasteiger charge is 2.27. The predicted octanol–water partition coefficient (Wildman–Crippen LogP) is 4.33. The lowest BCUT2D eigenvalue weighted by Crippen LogP contribution is -2.08. The van der Waals surface area contributed by atoms with Gasteiger partial charge in [0.1, 0.15) is 15.7 Å². The number of rotatable bonds is 1. The van der Waals surface area contributed by atoms with Crippen LogP contribution in [0.1, 0.15) is 22.4 Å². The minimum atomic E-state index is -0.142. The Balaban J connectivity index is 1.77. The van der Waals surface area contributed by atoms with Gasteiger partial charge in [-0.3, -0.25) is 0 Å². The fourth-order valence-corrected chi connectivity index (χ4v) is 3.67. The summed E-state index contributed by atoms with van der Waals surface area (Å²) in [6.45, 7) is 2.05. The molecule has 0 bridgehead atoms. The highest BCUT2D eigenvalue weighted by atomic mass is 35.5. The molecule has 0 N–H and O–H groups in total. The van der Waals surface area contributed by atoms with Crippen LogP contribution in [0.25, 0.3) is 10.2 Å². The topological polar surface area (TPSA) is 35.0 Å². The Labute approximate surface area is 125 Å². The summed E-state index contributed by atoms with van der Waals surface area (Å²) in [6, 6.07) is 10.1. The van der Waals surface area contributed by atoms with Gasteiger partial charge < -0.3 is 4.74 Å². The molecule has 3 heterocycles. The third-order valence-electron chi connectivity index (χ3n) is 3.42. The maximum Gasteiger partial charge on any atom is 0.172 e. The number of aromatic nitrogens is 2. The van der Waals surface area contributed by atoms with Gasteiger partial charge in [-0.25, -0.2) is 9.97 Å². The molecule has 1 aliphatic heterocycles. The number of halogens is 1. The molecule has 1 atom stereocenters. The van der Waals surface area contributed by atoms with Crippen molar-refractivity contribution in [3.05, 3.63) is 51.7 Å². The number of hydrogen-bond donors (Lipinski definition) is 0. The lowest BCUT2D eigenvalue weighted by Gasteiger charge is -2.09. The third kappa shape index (κ3) is 1.87. The Morgan fingerprint density at radius 2 is 2.15 bits per heavy atom. The van der Waals surface area contributed by atoms with Gasteiger partial charge in [-0.2, -0.15) is 0 Å². The summed E-state index contributed by atoms with van der Waals surface area (Å²) >= 11 is 7.90. The van der Waals surface area contributed by atoms with Crippen LogP contribution in [0, 0.1) is 6.92 Å². The second-order valence-electron chi connectivity index (χ2n) is 4.87. The molecule has 3 nitrogen and oxygen atoms in total. The molecule has 0 fully saturated rings. The first-order chi connectivity index (χ1) is 9.70. The van der Waals surface area contributed by atoms with E-state index in [1.165, 1.54) is 10.4 Å². The summed E-state index contributed by atoms with van der Waals surface area (Å²) < 4.78 is 5.92. The van der Waals surface area contributed by atoms with E-state index in [9.17, 15) is 0 Å². The summed E-state index contributed by atoms with van der Waals surface area (Å²) in [7, 11) is 0. The lowest BCUT2D eigenvalue weighted by molar-refractivity contribution is 0.228. The molecule has 0 aliphatic carbocycles. The largest absolute Gasteiger partial charge is 0.482 e. The molecule has 3 aromatic rings. The van der Waals surface area contributed by atoms with Crippen LogP contribution >= 0.6 is 22.9 Å². The molecule has 0 amide bonds. The van der Waals surface area contributed by atoms with Gasteiger partial charge in [0, 0.05) is 16.7 Å². The molecule has 5 heteroatoms. The zero-order valence-corrected chi connectivity index (χ0v) is 12.3. The van der Waals surface area contributed by atoms with E-state index in [0.29, 0.717) is 11.0 Å². The van der Waals surface area contributed by atoms with Gasteiger partial charge in [0.2, 0.25) is 0 Å². The van der Waals surface area contributed by atoms with Crippen LogP contribution < -0.4 is 4.74 Å². The van der Waals surface area contributed by atoms with Gasteiger partial charge in [-0.05, 0) is 24.6 Å². The van der Waals surface area contributed by atoms with Gasteiger partial charge in [0.05, 0.1) is 0 Å². The first kappa shape index (κ1) is 12.1. The number of fused-ring (bicyclic) bond motifs is 2. The van der Waals surface area contributed by atoms with Crippen LogP contribution in [-0.4, -0.2) is 9.97 Å². The van der Waals surface area contributed by atoms with Gasteiger partial charge in [0.25, 0.3) is 0 Å². The van der Waals surface area contributed by atoms with Crippen LogP contribution in [0.4, 0.5) is 0 Å². The zero-order valence-electron chi connectivity index (χ0n) is 10.8. The molecular weight excluding hydrogens is 292 g/mol. The van der Waals surface area contributed by atoms with E-state index in [1.807, 2.05) is 31.2 Å². The third-order valence-corrected chi connectivity index (χ3v) is 4.65. The number of hydrogen-bond acceptors (Lipinski definition) is 4. The van der Waals surface area contributed by atoms with Crippen molar-refractivity contribution in [3.8, 4) is 5.75 Å². The number of para-hydroxylation sites is 1. The smallest absolute Gasteiger partial charge is 0.172 e. The number of benzene rings is 1. The summed E-state index contributed by atoms with van der Waals surface area (Å²) in [5, 5.41) is 1.43.